The van der Waals surface area contributed by atoms with Crippen LogP contribution in [0.3, 0.4) is 0 Å². The fraction of sp³-hybridized carbons (Fsp3) is 0.222. The Kier molecular flexibility index (Phi) is 5.62. The fourth-order valence-electron chi connectivity index (χ4n) is 2.43. The molecule has 0 aliphatic carbocycles. The average molecular weight is 421 g/mol. The first-order valence-corrected chi connectivity index (χ1v) is 8.52. The SMILES string of the molecule is COc1cc(OC)c(/C=N\NC(=O)Cc2ccc3c(c2)OCO3)cc1Br. The van der Waals surface area contributed by atoms with Crippen molar-refractivity contribution in [2.75, 3.05) is 21.0 Å². The maximum absolute atomic E-state index is 12.1. The monoisotopic (exact) mass is 420 g/mol. The lowest BCUT2D eigenvalue weighted by Crippen LogP contribution is -2.19. The van der Waals surface area contributed by atoms with E-state index in [0.29, 0.717) is 28.6 Å². The van der Waals surface area contributed by atoms with Gasteiger partial charge in [0, 0.05) is 11.6 Å². The molecule has 0 fully saturated rings. The van der Waals surface area contributed by atoms with Crippen LogP contribution in [0.5, 0.6) is 23.0 Å². The molecule has 8 heteroatoms. The molecule has 0 bridgehead atoms. The maximum Gasteiger partial charge on any atom is 0.244 e. The third kappa shape index (κ3) is 4.08. The van der Waals surface area contributed by atoms with Crippen molar-refractivity contribution in [3.05, 3.63) is 45.9 Å². The number of amides is 1. The van der Waals surface area contributed by atoms with E-state index in [1.807, 2.05) is 6.07 Å². The summed E-state index contributed by atoms with van der Waals surface area (Å²) in [4.78, 5) is 12.1. The van der Waals surface area contributed by atoms with Gasteiger partial charge >= 0.3 is 0 Å². The summed E-state index contributed by atoms with van der Waals surface area (Å²) in [6.07, 6.45) is 1.69. The number of hydrogen-bond acceptors (Lipinski definition) is 6. The molecule has 1 amide bonds. The molecule has 1 aliphatic rings. The molecule has 0 saturated carbocycles. The Morgan fingerprint density at radius 1 is 1.19 bits per heavy atom. The van der Waals surface area contributed by atoms with Crippen LogP contribution in [0.25, 0.3) is 0 Å². The Balaban J connectivity index is 1.63. The lowest BCUT2D eigenvalue weighted by Gasteiger charge is -2.09. The topological polar surface area (TPSA) is 78.4 Å². The number of ether oxygens (including phenoxy) is 4. The molecule has 1 N–H and O–H groups in total. The van der Waals surface area contributed by atoms with E-state index in [2.05, 4.69) is 26.5 Å². The van der Waals surface area contributed by atoms with Gasteiger partial charge in [-0.3, -0.25) is 4.79 Å². The molecule has 2 aromatic rings. The van der Waals surface area contributed by atoms with Crippen molar-refractivity contribution in [2.45, 2.75) is 6.42 Å². The number of rotatable bonds is 6. The molecule has 0 aromatic heterocycles. The van der Waals surface area contributed by atoms with Gasteiger partial charge in [-0.25, -0.2) is 5.43 Å². The molecule has 1 aliphatic heterocycles. The number of benzene rings is 2. The standard InChI is InChI=1S/C18H17BrN2O5/c1-23-15-8-16(24-2)13(19)7-12(15)9-20-21-18(22)6-11-3-4-14-17(5-11)26-10-25-14/h3-5,7-9H,6,10H2,1-2H3,(H,21,22)/b20-9-. The lowest BCUT2D eigenvalue weighted by atomic mass is 10.1. The summed E-state index contributed by atoms with van der Waals surface area (Å²) in [7, 11) is 3.13. The first kappa shape index (κ1) is 18.1. The molecule has 2 aromatic carbocycles. The van der Waals surface area contributed by atoms with Gasteiger partial charge in [0.25, 0.3) is 0 Å². The highest BCUT2D eigenvalue weighted by molar-refractivity contribution is 9.10. The number of hydrazone groups is 1. The summed E-state index contributed by atoms with van der Waals surface area (Å²) in [5.74, 6) is 2.31. The van der Waals surface area contributed by atoms with Gasteiger partial charge in [-0.15, -0.1) is 0 Å². The predicted molar refractivity (Wildman–Crippen MR) is 99.3 cm³/mol. The zero-order valence-corrected chi connectivity index (χ0v) is 15.8. The van der Waals surface area contributed by atoms with E-state index in [-0.39, 0.29) is 19.1 Å². The van der Waals surface area contributed by atoms with Gasteiger partial charge in [0.2, 0.25) is 12.7 Å². The van der Waals surface area contributed by atoms with Gasteiger partial charge in [0.15, 0.2) is 11.5 Å². The van der Waals surface area contributed by atoms with Crippen molar-refractivity contribution in [2.24, 2.45) is 5.10 Å². The molecule has 7 nitrogen and oxygen atoms in total. The molecule has 0 unspecified atom stereocenters. The van der Waals surface area contributed by atoms with Crippen LogP contribution >= 0.6 is 15.9 Å². The van der Waals surface area contributed by atoms with E-state index in [1.54, 1.807) is 38.5 Å². The van der Waals surface area contributed by atoms with Crippen LogP contribution in [-0.2, 0) is 11.2 Å². The second-order valence-corrected chi connectivity index (χ2v) is 6.24. The van der Waals surface area contributed by atoms with E-state index >= 15 is 0 Å². The van der Waals surface area contributed by atoms with Crippen molar-refractivity contribution in [3.8, 4) is 23.0 Å². The highest BCUT2D eigenvalue weighted by atomic mass is 79.9. The Labute approximate surface area is 159 Å². The van der Waals surface area contributed by atoms with Crippen LogP contribution in [0.2, 0.25) is 0 Å². The highest BCUT2D eigenvalue weighted by Gasteiger charge is 2.14. The van der Waals surface area contributed by atoms with Gasteiger partial charge in [0.05, 0.1) is 31.3 Å². The number of methoxy groups -OCH3 is 2. The zero-order chi connectivity index (χ0) is 18.5. The highest BCUT2D eigenvalue weighted by Crippen LogP contribution is 2.33. The number of fused-ring (bicyclic) bond motifs is 1. The Morgan fingerprint density at radius 3 is 2.73 bits per heavy atom. The zero-order valence-electron chi connectivity index (χ0n) is 14.2. The minimum Gasteiger partial charge on any atom is -0.496 e. The smallest absolute Gasteiger partial charge is 0.244 e. The number of carbonyl (C=O) groups is 1. The minimum atomic E-state index is -0.244. The summed E-state index contributed by atoms with van der Waals surface area (Å²) < 4.78 is 21.8. The number of nitrogens with one attached hydrogen (secondary N) is 1. The van der Waals surface area contributed by atoms with Crippen LogP contribution in [0.15, 0.2) is 39.9 Å². The van der Waals surface area contributed by atoms with Crippen molar-refractivity contribution in [1.29, 1.82) is 0 Å². The minimum absolute atomic E-state index is 0.178. The fourth-order valence-corrected chi connectivity index (χ4v) is 2.96. The quantitative estimate of drug-likeness (QED) is 0.574. The number of carbonyl (C=O) groups excluding carboxylic acids is 1. The molecule has 136 valence electrons. The number of nitrogens with zero attached hydrogens (tertiary/aromatic N) is 1. The predicted octanol–water partition coefficient (Wildman–Crippen LogP) is 2.89. The number of hydrogen-bond donors (Lipinski definition) is 1. The van der Waals surface area contributed by atoms with Crippen molar-refractivity contribution >= 4 is 28.1 Å². The largest absolute Gasteiger partial charge is 0.496 e. The molecule has 0 radical (unpaired) electrons. The number of halogens is 1. The normalized spacial score (nSPS) is 12.3. The summed E-state index contributed by atoms with van der Waals surface area (Å²) in [5.41, 5.74) is 4.01. The molecule has 0 saturated heterocycles. The Morgan fingerprint density at radius 2 is 1.96 bits per heavy atom. The van der Waals surface area contributed by atoms with E-state index in [0.717, 1.165) is 10.0 Å². The Bertz CT molecular complexity index is 854. The summed E-state index contributed by atoms with van der Waals surface area (Å²) in [6.45, 7) is 0.203. The maximum atomic E-state index is 12.1. The Hall–Kier alpha value is -2.74. The van der Waals surface area contributed by atoms with E-state index in [1.165, 1.54) is 6.21 Å². The van der Waals surface area contributed by atoms with Crippen molar-refractivity contribution in [1.82, 2.24) is 5.43 Å². The van der Waals surface area contributed by atoms with E-state index in [9.17, 15) is 4.79 Å². The van der Waals surface area contributed by atoms with Crippen molar-refractivity contribution < 1.29 is 23.7 Å². The summed E-state index contributed by atoms with van der Waals surface area (Å²) in [6, 6.07) is 8.93. The van der Waals surface area contributed by atoms with Gasteiger partial charge < -0.3 is 18.9 Å². The molecule has 1 heterocycles. The average Bonchev–Trinajstić information content (AvgIpc) is 3.09. The molecule has 26 heavy (non-hydrogen) atoms. The third-order valence-corrected chi connectivity index (χ3v) is 4.32. The third-order valence-electron chi connectivity index (χ3n) is 3.70. The van der Waals surface area contributed by atoms with E-state index < -0.39 is 0 Å². The van der Waals surface area contributed by atoms with Crippen LogP contribution in [0.4, 0.5) is 0 Å². The summed E-state index contributed by atoms with van der Waals surface area (Å²) >= 11 is 3.41. The molecular weight excluding hydrogens is 404 g/mol. The van der Waals surface area contributed by atoms with Crippen LogP contribution < -0.4 is 24.4 Å². The van der Waals surface area contributed by atoms with Gasteiger partial charge in [-0.05, 0) is 39.7 Å². The van der Waals surface area contributed by atoms with Gasteiger partial charge in [-0.2, -0.15) is 5.10 Å². The van der Waals surface area contributed by atoms with Crippen LogP contribution in [0, 0.1) is 0 Å². The second kappa shape index (κ2) is 8.09. The lowest BCUT2D eigenvalue weighted by molar-refractivity contribution is -0.120. The van der Waals surface area contributed by atoms with Crippen LogP contribution in [0.1, 0.15) is 11.1 Å². The molecular formula is C18H17BrN2O5. The molecule has 0 atom stereocenters. The molecule has 0 spiro atoms. The molecule has 3 rings (SSSR count). The van der Waals surface area contributed by atoms with Gasteiger partial charge in [-0.1, -0.05) is 6.07 Å². The van der Waals surface area contributed by atoms with Crippen molar-refractivity contribution in [3.63, 3.8) is 0 Å². The van der Waals surface area contributed by atoms with E-state index in [4.69, 9.17) is 18.9 Å². The van der Waals surface area contributed by atoms with Crippen LogP contribution in [-0.4, -0.2) is 33.1 Å². The first-order chi connectivity index (χ1) is 12.6. The second-order valence-electron chi connectivity index (χ2n) is 5.39. The van der Waals surface area contributed by atoms with Gasteiger partial charge in [0.1, 0.15) is 11.5 Å². The summed E-state index contributed by atoms with van der Waals surface area (Å²) in [5, 5.41) is 3.99. The first-order valence-electron chi connectivity index (χ1n) is 7.72.